The zero-order valence-electron chi connectivity index (χ0n) is 10.9. The van der Waals surface area contributed by atoms with Gasteiger partial charge in [0, 0.05) is 22.0 Å². The number of sulfone groups is 1. The fourth-order valence-corrected chi connectivity index (χ4v) is 4.40. The monoisotopic (exact) mass is 303 g/mol. The van der Waals surface area contributed by atoms with E-state index in [1.807, 2.05) is 36.4 Å². The number of rotatable bonds is 3. The van der Waals surface area contributed by atoms with Crippen molar-refractivity contribution >= 4 is 32.1 Å². The van der Waals surface area contributed by atoms with Crippen LogP contribution in [0.4, 0.5) is 0 Å². The molecule has 3 nitrogen and oxygen atoms in total. The molecule has 0 aliphatic carbocycles. The Morgan fingerprint density at radius 2 is 1.95 bits per heavy atom. The topological polar surface area (TPSA) is 47.0 Å². The van der Waals surface area contributed by atoms with Crippen LogP contribution in [0, 0.1) is 0 Å². The fourth-order valence-electron chi connectivity index (χ4n) is 1.99. The summed E-state index contributed by atoms with van der Waals surface area (Å²) in [6.07, 6.45) is 1.79. The summed E-state index contributed by atoms with van der Waals surface area (Å²) in [6, 6.07) is 13.4. The van der Waals surface area contributed by atoms with Crippen molar-refractivity contribution in [3.05, 3.63) is 48.7 Å². The van der Waals surface area contributed by atoms with Crippen LogP contribution in [0.5, 0.6) is 0 Å². The summed E-state index contributed by atoms with van der Waals surface area (Å²) in [6.45, 7) is 1.66. The summed E-state index contributed by atoms with van der Waals surface area (Å²) in [5, 5.41) is 1.05. The zero-order chi connectivity index (χ0) is 14.2. The lowest BCUT2D eigenvalue weighted by Crippen LogP contribution is -2.00. The van der Waals surface area contributed by atoms with Crippen molar-refractivity contribution < 1.29 is 8.42 Å². The normalized spacial score (nSPS) is 11.8. The Hall–Kier alpha value is -1.72. The highest BCUT2D eigenvalue weighted by molar-refractivity contribution is 7.93. The van der Waals surface area contributed by atoms with Crippen molar-refractivity contribution in [3.8, 4) is 10.4 Å². The van der Waals surface area contributed by atoms with E-state index < -0.39 is 9.84 Å². The number of hydrogen-bond acceptors (Lipinski definition) is 4. The van der Waals surface area contributed by atoms with Gasteiger partial charge in [0.05, 0.1) is 11.3 Å². The van der Waals surface area contributed by atoms with Gasteiger partial charge in [-0.25, -0.2) is 8.42 Å². The summed E-state index contributed by atoms with van der Waals surface area (Å²) < 4.78 is 24.1. The van der Waals surface area contributed by atoms with Crippen LogP contribution in [0.2, 0.25) is 0 Å². The highest BCUT2D eigenvalue weighted by Gasteiger charge is 2.15. The molecule has 1 aromatic carbocycles. The number of benzene rings is 1. The highest BCUT2D eigenvalue weighted by Crippen LogP contribution is 2.32. The van der Waals surface area contributed by atoms with Crippen LogP contribution in [0.1, 0.15) is 6.92 Å². The van der Waals surface area contributed by atoms with Crippen LogP contribution in [0.15, 0.2) is 52.9 Å². The molecule has 2 heterocycles. The molecule has 102 valence electrons. The second-order valence-electron chi connectivity index (χ2n) is 4.44. The summed E-state index contributed by atoms with van der Waals surface area (Å²) in [5.74, 6) is 0.128. The van der Waals surface area contributed by atoms with Gasteiger partial charge in [-0.15, -0.1) is 11.3 Å². The molecule has 0 aliphatic heterocycles. The predicted molar refractivity (Wildman–Crippen MR) is 82.8 cm³/mol. The predicted octanol–water partition coefficient (Wildman–Crippen LogP) is 3.76. The third kappa shape index (κ3) is 2.34. The minimum atomic E-state index is -3.13. The quantitative estimate of drug-likeness (QED) is 0.740. The van der Waals surface area contributed by atoms with Crippen LogP contribution in [-0.4, -0.2) is 19.2 Å². The molecule has 0 saturated carbocycles. The van der Waals surface area contributed by atoms with E-state index in [1.54, 1.807) is 19.2 Å². The molecule has 0 bridgehead atoms. The average Bonchev–Trinajstić information content (AvgIpc) is 2.97. The number of pyridine rings is 1. The third-order valence-electron chi connectivity index (χ3n) is 3.14. The van der Waals surface area contributed by atoms with E-state index in [9.17, 15) is 8.42 Å². The molecule has 3 aromatic rings. The van der Waals surface area contributed by atoms with Gasteiger partial charge in [-0.05, 0) is 24.3 Å². The van der Waals surface area contributed by atoms with Gasteiger partial charge in [0.1, 0.15) is 4.21 Å². The van der Waals surface area contributed by atoms with E-state index in [0.29, 0.717) is 4.21 Å². The first-order valence-electron chi connectivity index (χ1n) is 6.28. The molecule has 0 N–H and O–H groups in total. The maximum absolute atomic E-state index is 11.9. The Morgan fingerprint density at radius 1 is 1.15 bits per heavy atom. The van der Waals surface area contributed by atoms with Crippen LogP contribution >= 0.6 is 11.3 Å². The smallest absolute Gasteiger partial charge is 0.187 e. The van der Waals surface area contributed by atoms with Gasteiger partial charge in [-0.1, -0.05) is 25.1 Å². The number of nitrogens with zero attached hydrogens (tertiary/aromatic N) is 1. The highest BCUT2D eigenvalue weighted by atomic mass is 32.2. The molecule has 0 radical (unpaired) electrons. The van der Waals surface area contributed by atoms with E-state index in [1.165, 1.54) is 11.3 Å². The summed E-state index contributed by atoms with van der Waals surface area (Å²) in [5.41, 5.74) is 1.89. The lowest BCUT2D eigenvalue weighted by molar-refractivity contribution is 0.599. The molecule has 0 aliphatic rings. The Balaban J connectivity index is 2.07. The van der Waals surface area contributed by atoms with Gasteiger partial charge in [0.15, 0.2) is 9.84 Å². The molecule has 0 unspecified atom stereocenters. The molecule has 0 fully saturated rings. The molecule has 0 saturated heterocycles. The largest absolute Gasteiger partial charge is 0.256 e. The number of thiophene rings is 1. The lowest BCUT2D eigenvalue weighted by Gasteiger charge is -2.00. The van der Waals surface area contributed by atoms with Crippen molar-refractivity contribution in [1.29, 1.82) is 0 Å². The molecule has 2 aromatic heterocycles. The molecule has 0 spiro atoms. The maximum Gasteiger partial charge on any atom is 0.187 e. The third-order valence-corrected chi connectivity index (χ3v) is 6.59. The van der Waals surface area contributed by atoms with Crippen molar-refractivity contribution in [2.45, 2.75) is 11.1 Å². The number of hydrogen-bond donors (Lipinski definition) is 0. The van der Waals surface area contributed by atoms with Gasteiger partial charge in [0.25, 0.3) is 0 Å². The first kappa shape index (κ1) is 13.3. The minimum Gasteiger partial charge on any atom is -0.256 e. The Bertz CT molecular complexity index is 866. The minimum absolute atomic E-state index is 0.128. The van der Waals surface area contributed by atoms with E-state index in [0.717, 1.165) is 21.3 Å². The van der Waals surface area contributed by atoms with Crippen molar-refractivity contribution in [2.75, 3.05) is 5.75 Å². The molecular formula is C15H13NO2S2. The van der Waals surface area contributed by atoms with Gasteiger partial charge in [-0.2, -0.15) is 0 Å². The Morgan fingerprint density at radius 3 is 2.75 bits per heavy atom. The number of para-hydroxylation sites is 1. The Labute approximate surface area is 121 Å². The molecule has 0 amide bonds. The van der Waals surface area contributed by atoms with Gasteiger partial charge in [-0.3, -0.25) is 4.98 Å². The van der Waals surface area contributed by atoms with Crippen molar-refractivity contribution in [3.63, 3.8) is 0 Å². The van der Waals surface area contributed by atoms with E-state index in [-0.39, 0.29) is 5.75 Å². The van der Waals surface area contributed by atoms with Crippen LogP contribution in [-0.2, 0) is 9.84 Å². The van der Waals surface area contributed by atoms with Crippen LogP contribution in [0.3, 0.4) is 0 Å². The van der Waals surface area contributed by atoms with Crippen molar-refractivity contribution in [2.24, 2.45) is 0 Å². The Kier molecular flexibility index (Phi) is 3.31. The maximum atomic E-state index is 11.9. The second-order valence-corrected chi connectivity index (χ2v) is 8.03. The average molecular weight is 303 g/mol. The molecule has 3 rings (SSSR count). The number of aromatic nitrogens is 1. The molecule has 0 atom stereocenters. The first-order valence-corrected chi connectivity index (χ1v) is 8.75. The summed E-state index contributed by atoms with van der Waals surface area (Å²) in [4.78, 5) is 5.33. The fraction of sp³-hybridized carbons (Fsp3) is 0.133. The zero-order valence-corrected chi connectivity index (χ0v) is 12.5. The summed E-state index contributed by atoms with van der Waals surface area (Å²) in [7, 11) is -3.13. The van der Waals surface area contributed by atoms with Gasteiger partial charge < -0.3 is 0 Å². The van der Waals surface area contributed by atoms with E-state index >= 15 is 0 Å². The van der Waals surface area contributed by atoms with E-state index in [2.05, 4.69) is 4.98 Å². The summed E-state index contributed by atoms with van der Waals surface area (Å²) >= 11 is 1.30. The van der Waals surface area contributed by atoms with E-state index in [4.69, 9.17) is 0 Å². The van der Waals surface area contributed by atoms with Gasteiger partial charge in [0.2, 0.25) is 0 Å². The molecule has 5 heteroatoms. The van der Waals surface area contributed by atoms with Crippen LogP contribution in [0.25, 0.3) is 21.3 Å². The van der Waals surface area contributed by atoms with Gasteiger partial charge >= 0.3 is 0 Å². The lowest BCUT2D eigenvalue weighted by atomic mass is 10.1. The molecular weight excluding hydrogens is 290 g/mol. The molecule has 20 heavy (non-hydrogen) atoms. The SMILES string of the molecule is CCS(=O)(=O)c1ccc(-c2cnc3ccccc3c2)s1. The van der Waals surface area contributed by atoms with Crippen molar-refractivity contribution in [1.82, 2.24) is 4.98 Å². The number of fused-ring (bicyclic) bond motifs is 1. The standard InChI is InChI=1S/C15H13NO2S2/c1-2-20(17,18)15-8-7-14(19-15)12-9-11-5-3-4-6-13(11)16-10-12/h3-10H,2H2,1H3. The van der Waals surface area contributed by atoms with Crippen LogP contribution < -0.4 is 0 Å². The second kappa shape index (κ2) is 5.00. The first-order chi connectivity index (χ1) is 9.60.